The third-order valence-electron chi connectivity index (χ3n) is 2.44. The Labute approximate surface area is 84.0 Å². The number of furan rings is 1. The highest BCUT2D eigenvalue weighted by Gasteiger charge is 2.19. The van der Waals surface area contributed by atoms with Crippen LogP contribution in [0.25, 0.3) is 0 Å². The maximum atomic E-state index is 5.72. The molecule has 0 aromatic carbocycles. The maximum Gasteiger partial charge on any atom is 0.158 e. The molecule has 0 spiro atoms. The van der Waals surface area contributed by atoms with Crippen molar-refractivity contribution < 1.29 is 13.9 Å². The van der Waals surface area contributed by atoms with Gasteiger partial charge >= 0.3 is 0 Å². The van der Waals surface area contributed by atoms with Gasteiger partial charge in [-0.25, -0.2) is 0 Å². The Morgan fingerprint density at radius 2 is 2.43 bits per heavy atom. The van der Waals surface area contributed by atoms with Crippen LogP contribution in [0.15, 0.2) is 22.8 Å². The van der Waals surface area contributed by atoms with Crippen LogP contribution in [0.4, 0.5) is 0 Å². The Morgan fingerprint density at radius 3 is 3.07 bits per heavy atom. The van der Waals surface area contributed by atoms with Gasteiger partial charge in [-0.2, -0.15) is 0 Å². The standard InChI is InChI=1S/C11H16O3/c1-9(10-5-4-8-12-10)14-11-6-2-3-7-13-11/h4-5,8-9,11H,2-3,6-7H2,1H3. The molecule has 0 aliphatic carbocycles. The summed E-state index contributed by atoms with van der Waals surface area (Å²) in [7, 11) is 0. The Bertz CT molecular complexity index is 250. The summed E-state index contributed by atoms with van der Waals surface area (Å²) in [4.78, 5) is 0. The van der Waals surface area contributed by atoms with Gasteiger partial charge in [-0.15, -0.1) is 0 Å². The quantitative estimate of drug-likeness (QED) is 0.745. The van der Waals surface area contributed by atoms with Gasteiger partial charge < -0.3 is 13.9 Å². The lowest BCUT2D eigenvalue weighted by Gasteiger charge is -2.25. The molecule has 2 atom stereocenters. The van der Waals surface area contributed by atoms with Gasteiger partial charge in [-0.1, -0.05) is 0 Å². The molecule has 0 N–H and O–H groups in total. The molecular formula is C11H16O3. The van der Waals surface area contributed by atoms with E-state index in [4.69, 9.17) is 13.9 Å². The second-order valence-electron chi connectivity index (χ2n) is 3.59. The van der Waals surface area contributed by atoms with Crippen molar-refractivity contribution in [3.63, 3.8) is 0 Å². The molecule has 1 aliphatic heterocycles. The number of hydrogen-bond acceptors (Lipinski definition) is 3. The fourth-order valence-corrected chi connectivity index (χ4v) is 1.64. The lowest BCUT2D eigenvalue weighted by molar-refractivity contribution is -0.189. The van der Waals surface area contributed by atoms with Crippen LogP contribution in [0.5, 0.6) is 0 Å². The average molecular weight is 196 g/mol. The van der Waals surface area contributed by atoms with Gasteiger partial charge in [-0.05, 0) is 38.3 Å². The minimum absolute atomic E-state index is 0.0203. The van der Waals surface area contributed by atoms with E-state index in [1.54, 1.807) is 6.26 Å². The highest BCUT2D eigenvalue weighted by molar-refractivity contribution is 5.00. The van der Waals surface area contributed by atoms with Crippen molar-refractivity contribution >= 4 is 0 Å². The Kier molecular flexibility index (Phi) is 3.22. The van der Waals surface area contributed by atoms with Crippen molar-refractivity contribution in [2.45, 2.75) is 38.6 Å². The van der Waals surface area contributed by atoms with E-state index in [-0.39, 0.29) is 12.4 Å². The molecule has 78 valence electrons. The number of ether oxygens (including phenoxy) is 2. The summed E-state index contributed by atoms with van der Waals surface area (Å²) in [5, 5.41) is 0. The Hall–Kier alpha value is -0.800. The van der Waals surface area contributed by atoms with E-state index in [0.717, 1.165) is 25.2 Å². The third kappa shape index (κ3) is 2.36. The summed E-state index contributed by atoms with van der Waals surface area (Å²) in [6, 6.07) is 3.80. The SMILES string of the molecule is CC(OC1CCCCO1)c1ccco1. The zero-order chi connectivity index (χ0) is 9.80. The van der Waals surface area contributed by atoms with Gasteiger partial charge in [0.05, 0.1) is 6.26 Å². The van der Waals surface area contributed by atoms with Crippen LogP contribution in [-0.2, 0) is 9.47 Å². The molecule has 2 unspecified atom stereocenters. The Morgan fingerprint density at radius 1 is 1.50 bits per heavy atom. The van der Waals surface area contributed by atoms with Crippen LogP contribution in [0.1, 0.15) is 38.1 Å². The first-order chi connectivity index (χ1) is 6.86. The van der Waals surface area contributed by atoms with Crippen molar-refractivity contribution in [3.8, 4) is 0 Å². The first kappa shape index (κ1) is 9.74. The van der Waals surface area contributed by atoms with Gasteiger partial charge in [0.1, 0.15) is 11.9 Å². The van der Waals surface area contributed by atoms with Gasteiger partial charge in [0.2, 0.25) is 0 Å². The molecule has 2 heterocycles. The monoisotopic (exact) mass is 196 g/mol. The largest absolute Gasteiger partial charge is 0.467 e. The van der Waals surface area contributed by atoms with Gasteiger partial charge in [0, 0.05) is 6.61 Å². The summed E-state index contributed by atoms with van der Waals surface area (Å²) in [5.74, 6) is 0.860. The zero-order valence-corrected chi connectivity index (χ0v) is 8.44. The van der Waals surface area contributed by atoms with E-state index in [9.17, 15) is 0 Å². The van der Waals surface area contributed by atoms with Crippen molar-refractivity contribution in [1.82, 2.24) is 0 Å². The summed E-state index contributed by atoms with van der Waals surface area (Å²) >= 11 is 0. The van der Waals surface area contributed by atoms with Crippen molar-refractivity contribution in [2.75, 3.05) is 6.61 Å². The van der Waals surface area contributed by atoms with Crippen molar-refractivity contribution in [2.24, 2.45) is 0 Å². The molecule has 1 aromatic heterocycles. The van der Waals surface area contributed by atoms with Gasteiger partial charge in [-0.3, -0.25) is 0 Å². The second kappa shape index (κ2) is 4.62. The molecule has 14 heavy (non-hydrogen) atoms. The molecule has 3 nitrogen and oxygen atoms in total. The van der Waals surface area contributed by atoms with Crippen LogP contribution in [0.2, 0.25) is 0 Å². The minimum atomic E-state index is -0.0520. The molecule has 1 aliphatic rings. The van der Waals surface area contributed by atoms with E-state index >= 15 is 0 Å². The fourth-order valence-electron chi connectivity index (χ4n) is 1.64. The zero-order valence-electron chi connectivity index (χ0n) is 8.44. The molecule has 1 fully saturated rings. The first-order valence-electron chi connectivity index (χ1n) is 5.17. The van der Waals surface area contributed by atoms with Crippen LogP contribution >= 0.6 is 0 Å². The predicted octanol–water partition coefficient (Wildman–Crippen LogP) is 2.88. The topological polar surface area (TPSA) is 31.6 Å². The van der Waals surface area contributed by atoms with E-state index < -0.39 is 0 Å². The molecule has 0 saturated carbocycles. The molecule has 0 radical (unpaired) electrons. The summed E-state index contributed by atoms with van der Waals surface area (Å²) in [6.07, 6.45) is 4.92. The normalized spacial score (nSPS) is 24.8. The minimum Gasteiger partial charge on any atom is -0.467 e. The molecule has 2 rings (SSSR count). The molecule has 1 aromatic rings. The van der Waals surface area contributed by atoms with Crippen LogP contribution in [0, 0.1) is 0 Å². The number of rotatable bonds is 3. The van der Waals surface area contributed by atoms with E-state index in [2.05, 4.69) is 0 Å². The fraction of sp³-hybridized carbons (Fsp3) is 0.636. The van der Waals surface area contributed by atoms with E-state index in [0.29, 0.717) is 0 Å². The van der Waals surface area contributed by atoms with Crippen molar-refractivity contribution in [3.05, 3.63) is 24.2 Å². The van der Waals surface area contributed by atoms with E-state index in [1.165, 1.54) is 6.42 Å². The van der Waals surface area contributed by atoms with Crippen LogP contribution < -0.4 is 0 Å². The predicted molar refractivity (Wildman–Crippen MR) is 51.8 cm³/mol. The molecule has 3 heteroatoms. The second-order valence-corrected chi connectivity index (χ2v) is 3.59. The van der Waals surface area contributed by atoms with Crippen molar-refractivity contribution in [1.29, 1.82) is 0 Å². The Balaban J connectivity index is 1.84. The third-order valence-corrected chi connectivity index (χ3v) is 2.44. The lowest BCUT2D eigenvalue weighted by atomic mass is 10.2. The van der Waals surface area contributed by atoms with Crippen LogP contribution in [-0.4, -0.2) is 12.9 Å². The highest BCUT2D eigenvalue weighted by atomic mass is 16.7. The molecular weight excluding hydrogens is 180 g/mol. The van der Waals surface area contributed by atoms with Gasteiger partial charge in [0.25, 0.3) is 0 Å². The molecule has 1 saturated heterocycles. The lowest BCUT2D eigenvalue weighted by Crippen LogP contribution is -2.23. The van der Waals surface area contributed by atoms with Gasteiger partial charge in [0.15, 0.2) is 6.29 Å². The highest BCUT2D eigenvalue weighted by Crippen LogP contribution is 2.23. The summed E-state index contributed by atoms with van der Waals surface area (Å²) in [5.41, 5.74) is 0. The average Bonchev–Trinajstić information content (AvgIpc) is 2.72. The molecule has 0 bridgehead atoms. The maximum absolute atomic E-state index is 5.72. The smallest absolute Gasteiger partial charge is 0.158 e. The molecule has 0 amide bonds. The number of hydrogen-bond donors (Lipinski definition) is 0. The summed E-state index contributed by atoms with van der Waals surface area (Å²) in [6.45, 7) is 2.80. The summed E-state index contributed by atoms with van der Waals surface area (Å²) < 4.78 is 16.5. The first-order valence-corrected chi connectivity index (χ1v) is 5.17. The van der Waals surface area contributed by atoms with E-state index in [1.807, 2.05) is 19.1 Å². The van der Waals surface area contributed by atoms with Crippen LogP contribution in [0.3, 0.4) is 0 Å².